The molecule has 0 heterocycles. The molecule has 12 atom stereocenters. The van der Waals surface area contributed by atoms with Gasteiger partial charge >= 0.3 is 0 Å². The first-order valence-electron chi connectivity index (χ1n) is 16.2. The first kappa shape index (κ1) is 34.3. The van der Waals surface area contributed by atoms with E-state index in [1.807, 2.05) is 21.1 Å². The Hall–Kier alpha value is -0.580. The number of amides is 1. The van der Waals surface area contributed by atoms with Crippen LogP contribution in [0.5, 0.6) is 0 Å². The minimum Gasteiger partial charge on any atom is -0.756 e. The number of nitrogens with zero attached hydrogens (tertiary/aromatic N) is 1. The second-order valence-corrected chi connectivity index (χ2v) is 16.9. The maximum atomic E-state index is 12.6. The molecule has 0 aromatic heterocycles. The van der Waals surface area contributed by atoms with Gasteiger partial charge in [0.25, 0.3) is 7.82 Å². The van der Waals surface area contributed by atoms with E-state index in [2.05, 4.69) is 26.1 Å². The van der Waals surface area contributed by atoms with Gasteiger partial charge in [-0.2, -0.15) is 0 Å². The van der Waals surface area contributed by atoms with Gasteiger partial charge in [0.2, 0.25) is 5.91 Å². The smallest absolute Gasteiger partial charge is 0.268 e. The van der Waals surface area contributed by atoms with Crippen LogP contribution in [0.3, 0.4) is 0 Å². The molecule has 11 heteroatoms. The molecule has 0 aromatic carbocycles. The van der Waals surface area contributed by atoms with Crippen molar-refractivity contribution in [1.82, 2.24) is 5.32 Å². The Morgan fingerprint density at radius 2 is 1.74 bits per heavy atom. The van der Waals surface area contributed by atoms with E-state index in [-0.39, 0.29) is 72.2 Å². The van der Waals surface area contributed by atoms with Crippen LogP contribution in [0.1, 0.15) is 78.6 Å². The molecule has 1 amide bonds. The van der Waals surface area contributed by atoms with Crippen LogP contribution in [-0.2, 0) is 18.4 Å². The molecule has 0 bridgehead atoms. The van der Waals surface area contributed by atoms with Crippen molar-refractivity contribution < 1.29 is 43.1 Å². The van der Waals surface area contributed by atoms with Crippen molar-refractivity contribution in [2.75, 3.05) is 47.4 Å². The van der Waals surface area contributed by atoms with Crippen LogP contribution in [0.15, 0.2) is 0 Å². The Labute approximate surface area is 252 Å². The Morgan fingerprint density at radius 3 is 2.43 bits per heavy atom. The number of aliphatic hydroxyl groups is 3. The van der Waals surface area contributed by atoms with Gasteiger partial charge in [-0.1, -0.05) is 20.8 Å². The molecule has 4 N–H and O–H groups in total. The molecular formula is C31H57N2O8P. The highest BCUT2D eigenvalue weighted by Crippen LogP contribution is 2.68. The van der Waals surface area contributed by atoms with Gasteiger partial charge in [-0.3, -0.25) is 9.36 Å². The van der Waals surface area contributed by atoms with Gasteiger partial charge in [0, 0.05) is 13.0 Å². The average molecular weight is 617 g/mol. The summed E-state index contributed by atoms with van der Waals surface area (Å²) in [6.45, 7) is 7.20. The second-order valence-electron chi connectivity index (χ2n) is 15.5. The number of hydrogen-bond donors (Lipinski definition) is 4. The van der Waals surface area contributed by atoms with E-state index in [1.165, 1.54) is 0 Å². The fraction of sp³-hybridized carbons (Fsp3) is 0.968. The molecule has 4 saturated carbocycles. The minimum absolute atomic E-state index is 0.0362. The van der Waals surface area contributed by atoms with Crippen LogP contribution in [0.2, 0.25) is 0 Å². The number of aliphatic hydroxyl groups excluding tert-OH is 3. The largest absolute Gasteiger partial charge is 0.756 e. The second kappa shape index (κ2) is 13.0. The Kier molecular flexibility index (Phi) is 10.6. The molecule has 1 unspecified atom stereocenters. The summed E-state index contributed by atoms with van der Waals surface area (Å²) in [6.07, 6.45) is 5.79. The highest BCUT2D eigenvalue weighted by Gasteiger charge is 2.65. The first-order chi connectivity index (χ1) is 19.5. The van der Waals surface area contributed by atoms with Crippen molar-refractivity contribution in [2.45, 2.75) is 96.9 Å². The fourth-order valence-corrected chi connectivity index (χ4v) is 10.3. The van der Waals surface area contributed by atoms with E-state index >= 15 is 0 Å². The molecule has 0 aromatic rings. The molecular weight excluding hydrogens is 559 g/mol. The van der Waals surface area contributed by atoms with E-state index < -0.39 is 20.0 Å². The maximum absolute atomic E-state index is 12.6. The summed E-state index contributed by atoms with van der Waals surface area (Å²) in [4.78, 5) is 24.5. The number of carbonyl (C=O) groups is 1. The van der Waals surface area contributed by atoms with Crippen LogP contribution >= 0.6 is 7.82 Å². The molecule has 0 spiro atoms. The van der Waals surface area contributed by atoms with Crippen LogP contribution in [0, 0.1) is 46.3 Å². The van der Waals surface area contributed by atoms with Gasteiger partial charge in [-0.15, -0.1) is 0 Å². The molecule has 4 aliphatic carbocycles. The quantitative estimate of drug-likeness (QED) is 0.149. The fourth-order valence-electron chi connectivity index (χ4n) is 9.59. The molecule has 0 aliphatic heterocycles. The van der Waals surface area contributed by atoms with E-state index in [0.717, 1.165) is 38.5 Å². The number of carbonyl (C=O) groups excluding carboxylic acids is 1. The van der Waals surface area contributed by atoms with Crippen molar-refractivity contribution in [2.24, 2.45) is 46.3 Å². The highest BCUT2D eigenvalue weighted by molar-refractivity contribution is 7.45. The van der Waals surface area contributed by atoms with Crippen molar-refractivity contribution in [3.8, 4) is 0 Å². The van der Waals surface area contributed by atoms with E-state index in [4.69, 9.17) is 9.05 Å². The summed E-state index contributed by atoms with van der Waals surface area (Å²) in [6, 6.07) is 0. The van der Waals surface area contributed by atoms with Crippen molar-refractivity contribution >= 4 is 13.7 Å². The number of phosphoric acid groups is 1. The molecule has 4 aliphatic rings. The Morgan fingerprint density at radius 1 is 1.05 bits per heavy atom. The predicted molar refractivity (Wildman–Crippen MR) is 158 cm³/mol. The van der Waals surface area contributed by atoms with Crippen LogP contribution in [-0.4, -0.2) is 91.5 Å². The van der Waals surface area contributed by atoms with Crippen molar-refractivity contribution in [1.29, 1.82) is 0 Å². The van der Waals surface area contributed by atoms with E-state index in [9.17, 15) is 29.6 Å². The Balaban J connectivity index is 1.27. The zero-order chi connectivity index (χ0) is 31.1. The topological polar surface area (TPSA) is 148 Å². The molecule has 244 valence electrons. The third kappa shape index (κ3) is 7.28. The lowest BCUT2D eigenvalue weighted by molar-refractivity contribution is -0.870. The van der Waals surface area contributed by atoms with E-state index in [1.54, 1.807) is 0 Å². The van der Waals surface area contributed by atoms with Gasteiger partial charge in [0.05, 0.1) is 46.1 Å². The third-order valence-electron chi connectivity index (χ3n) is 12.0. The number of hydrogen-bond acceptors (Lipinski definition) is 8. The molecule has 10 nitrogen and oxygen atoms in total. The molecule has 0 saturated heterocycles. The van der Waals surface area contributed by atoms with E-state index in [0.29, 0.717) is 36.2 Å². The van der Waals surface area contributed by atoms with Gasteiger partial charge < -0.3 is 39.1 Å². The van der Waals surface area contributed by atoms with Crippen LogP contribution < -0.4 is 10.2 Å². The maximum Gasteiger partial charge on any atom is 0.268 e. The van der Waals surface area contributed by atoms with Gasteiger partial charge in [-0.25, -0.2) is 0 Å². The van der Waals surface area contributed by atoms with Crippen molar-refractivity contribution in [3.05, 3.63) is 0 Å². The van der Waals surface area contributed by atoms with Gasteiger partial charge in [0.15, 0.2) is 0 Å². The Bertz CT molecular complexity index is 992. The SMILES string of the molecule is C[C@H](CCC(=O)NCCOP(=O)([O-])OCC[N+](C)(C)C)[C@H]1CC[C@H]2[C@@H]3[C@H](O)C[C@@H]4C[C@H](O)CC[C@]4(C)[C@H]3C[C@H](O)[C@]12C. The van der Waals surface area contributed by atoms with Gasteiger partial charge in [0.1, 0.15) is 13.2 Å². The van der Waals surface area contributed by atoms with Crippen LogP contribution in [0.25, 0.3) is 0 Å². The number of likely N-dealkylation sites (N-methyl/N-ethyl adjacent to an activating group) is 1. The predicted octanol–water partition coefficient (Wildman–Crippen LogP) is 2.69. The lowest BCUT2D eigenvalue weighted by atomic mass is 9.43. The number of phosphoric ester groups is 1. The molecule has 4 fully saturated rings. The summed E-state index contributed by atoms with van der Waals surface area (Å²) in [7, 11) is 1.41. The summed E-state index contributed by atoms with van der Waals surface area (Å²) < 4.78 is 22.3. The normalized spacial score (nSPS) is 42.1. The first-order valence-corrected chi connectivity index (χ1v) is 17.7. The zero-order valence-corrected chi connectivity index (χ0v) is 27.6. The number of quaternary nitrogens is 1. The summed E-state index contributed by atoms with van der Waals surface area (Å²) in [5.41, 5.74) is -0.251. The average Bonchev–Trinajstić information content (AvgIpc) is 3.24. The zero-order valence-electron chi connectivity index (χ0n) is 26.7. The summed E-state index contributed by atoms with van der Waals surface area (Å²) in [5.74, 6) is 1.31. The molecule has 0 radical (unpaired) electrons. The summed E-state index contributed by atoms with van der Waals surface area (Å²) >= 11 is 0. The monoisotopic (exact) mass is 616 g/mol. The number of fused-ring (bicyclic) bond motifs is 5. The lowest BCUT2D eigenvalue weighted by Crippen LogP contribution is -2.62. The minimum atomic E-state index is -4.41. The summed E-state index contributed by atoms with van der Waals surface area (Å²) in [5, 5.41) is 36.3. The standard InChI is InChI=1S/C31H57N2O8P/c1-20(7-10-28(37)32-13-15-40-42(38,39)41-16-14-33(4,5)6)23-8-9-24-29-25(19-27(36)31(23,24)3)30(2)12-11-22(34)17-21(30)18-26(29)35/h20-27,29,34-36H,7-19H2,1-6H3,(H-,32,37,38,39)/t20-,21+,22-,23-,24+,25+,26-,27+,29+,30+,31-/m1/s1. The highest BCUT2D eigenvalue weighted by atomic mass is 31.2. The molecule has 42 heavy (non-hydrogen) atoms. The molecule has 4 rings (SSSR count). The van der Waals surface area contributed by atoms with Crippen molar-refractivity contribution in [3.63, 3.8) is 0 Å². The third-order valence-corrected chi connectivity index (χ3v) is 13.0. The number of rotatable bonds is 12. The van der Waals surface area contributed by atoms with Crippen LogP contribution in [0.4, 0.5) is 0 Å². The van der Waals surface area contributed by atoms with Gasteiger partial charge in [-0.05, 0) is 97.7 Å². The number of nitrogens with one attached hydrogen (secondary N) is 1. The lowest BCUT2D eigenvalue weighted by Gasteiger charge is -2.63.